The van der Waals surface area contributed by atoms with Crippen LogP contribution in [0.2, 0.25) is 5.02 Å². The van der Waals surface area contributed by atoms with Crippen LogP contribution in [0, 0.1) is 6.92 Å². The second kappa shape index (κ2) is 6.30. The van der Waals surface area contributed by atoms with Crippen molar-refractivity contribution in [3.63, 3.8) is 0 Å². The molecule has 21 heavy (non-hydrogen) atoms. The minimum absolute atomic E-state index is 0.777. The highest BCUT2D eigenvalue weighted by Crippen LogP contribution is 2.31. The average molecular weight is 379 g/mol. The molecule has 0 aliphatic heterocycles. The molecule has 0 aliphatic carbocycles. The van der Waals surface area contributed by atoms with Crippen LogP contribution < -0.4 is 0 Å². The van der Waals surface area contributed by atoms with Crippen LogP contribution in [0.4, 0.5) is 0 Å². The lowest BCUT2D eigenvalue weighted by Gasteiger charge is -2.01. The number of halogens is 2. The molecule has 0 amide bonds. The lowest BCUT2D eigenvalue weighted by molar-refractivity contribution is 1.14. The summed E-state index contributed by atoms with van der Waals surface area (Å²) in [5, 5.41) is 1.89. The van der Waals surface area contributed by atoms with Crippen LogP contribution in [-0.4, -0.2) is 4.98 Å². The average Bonchev–Trinajstić information content (AvgIpc) is 2.82. The number of thiazole rings is 1. The Balaban J connectivity index is 1.93. The van der Waals surface area contributed by atoms with E-state index >= 15 is 0 Å². The maximum absolute atomic E-state index is 6.23. The van der Waals surface area contributed by atoms with Crippen molar-refractivity contribution in [2.75, 3.05) is 0 Å². The third-order valence-corrected chi connectivity index (χ3v) is 5.07. The van der Waals surface area contributed by atoms with Crippen LogP contribution in [0.3, 0.4) is 0 Å². The molecule has 0 N–H and O–H groups in total. The summed E-state index contributed by atoms with van der Waals surface area (Å²) in [6.45, 7) is 2.12. The molecule has 2 aromatic carbocycles. The lowest BCUT2D eigenvalue weighted by Crippen LogP contribution is -1.88. The molecular formula is C17H13BrClNS. The first-order valence-electron chi connectivity index (χ1n) is 6.59. The molecule has 0 spiro atoms. The van der Waals surface area contributed by atoms with E-state index in [9.17, 15) is 0 Å². The van der Waals surface area contributed by atoms with Crippen molar-refractivity contribution >= 4 is 38.9 Å². The van der Waals surface area contributed by atoms with Crippen molar-refractivity contribution in [3.05, 3.63) is 73.5 Å². The number of rotatable bonds is 3. The number of nitrogens with zero attached hydrogens (tertiary/aromatic N) is 1. The van der Waals surface area contributed by atoms with E-state index in [1.54, 1.807) is 11.3 Å². The Bertz CT molecular complexity index is 782. The standard InChI is InChI=1S/C17H13BrClNS/c1-11-17(13-6-4-7-14(18)9-13)20-16(21-11)10-12-5-2-3-8-15(12)19/h2-9H,10H2,1H3. The fourth-order valence-electron chi connectivity index (χ4n) is 2.24. The molecule has 0 aliphatic rings. The van der Waals surface area contributed by atoms with Gasteiger partial charge in [0.2, 0.25) is 0 Å². The van der Waals surface area contributed by atoms with E-state index in [0.717, 1.165) is 37.7 Å². The van der Waals surface area contributed by atoms with Gasteiger partial charge in [-0.2, -0.15) is 0 Å². The van der Waals surface area contributed by atoms with Gasteiger partial charge in [-0.15, -0.1) is 11.3 Å². The van der Waals surface area contributed by atoms with Gasteiger partial charge >= 0.3 is 0 Å². The summed E-state index contributed by atoms with van der Waals surface area (Å²) in [6, 6.07) is 16.2. The summed E-state index contributed by atoms with van der Waals surface area (Å²) >= 11 is 11.5. The van der Waals surface area contributed by atoms with Crippen LogP contribution in [0.5, 0.6) is 0 Å². The second-order valence-corrected chi connectivity index (χ2v) is 7.40. The maximum atomic E-state index is 6.23. The minimum atomic E-state index is 0.777. The predicted molar refractivity (Wildman–Crippen MR) is 94.2 cm³/mol. The molecule has 0 bridgehead atoms. The molecule has 1 aromatic heterocycles. The van der Waals surface area contributed by atoms with E-state index in [2.05, 4.69) is 41.1 Å². The lowest BCUT2D eigenvalue weighted by atomic mass is 10.1. The van der Waals surface area contributed by atoms with Gasteiger partial charge < -0.3 is 0 Å². The van der Waals surface area contributed by atoms with Crippen molar-refractivity contribution in [2.45, 2.75) is 13.3 Å². The molecule has 1 heterocycles. The van der Waals surface area contributed by atoms with E-state index in [1.165, 1.54) is 4.88 Å². The molecule has 3 aromatic rings. The number of benzene rings is 2. The van der Waals surface area contributed by atoms with Gasteiger partial charge in [0, 0.05) is 26.4 Å². The largest absolute Gasteiger partial charge is 0.241 e. The SMILES string of the molecule is Cc1sc(Cc2ccccc2Cl)nc1-c1cccc(Br)c1. The van der Waals surface area contributed by atoms with Crippen LogP contribution in [0.25, 0.3) is 11.3 Å². The first-order chi connectivity index (χ1) is 10.1. The number of hydrogen-bond donors (Lipinski definition) is 0. The van der Waals surface area contributed by atoms with Crippen molar-refractivity contribution in [1.82, 2.24) is 4.98 Å². The van der Waals surface area contributed by atoms with Crippen molar-refractivity contribution < 1.29 is 0 Å². The Hall–Kier alpha value is -1.16. The molecular weight excluding hydrogens is 366 g/mol. The topological polar surface area (TPSA) is 12.9 Å². The van der Waals surface area contributed by atoms with Crippen LogP contribution in [-0.2, 0) is 6.42 Å². The molecule has 3 rings (SSSR count). The van der Waals surface area contributed by atoms with Crippen LogP contribution in [0.15, 0.2) is 53.0 Å². The fraction of sp³-hybridized carbons (Fsp3) is 0.118. The van der Waals surface area contributed by atoms with Gasteiger partial charge in [0.1, 0.15) is 0 Å². The molecule has 0 saturated heterocycles. The van der Waals surface area contributed by atoms with E-state index < -0.39 is 0 Å². The van der Waals surface area contributed by atoms with Crippen LogP contribution >= 0.6 is 38.9 Å². The zero-order chi connectivity index (χ0) is 14.8. The number of aryl methyl sites for hydroxylation is 1. The van der Waals surface area contributed by atoms with E-state index in [1.807, 2.05) is 30.3 Å². The normalized spacial score (nSPS) is 10.8. The Morgan fingerprint density at radius 2 is 1.95 bits per heavy atom. The highest BCUT2D eigenvalue weighted by Gasteiger charge is 2.11. The zero-order valence-electron chi connectivity index (χ0n) is 11.4. The number of hydrogen-bond acceptors (Lipinski definition) is 2. The van der Waals surface area contributed by atoms with Gasteiger partial charge in [-0.25, -0.2) is 4.98 Å². The summed E-state index contributed by atoms with van der Waals surface area (Å²) in [5.41, 5.74) is 3.32. The van der Waals surface area contributed by atoms with Gasteiger partial charge in [0.05, 0.1) is 10.7 Å². The van der Waals surface area contributed by atoms with Crippen molar-refractivity contribution in [3.8, 4) is 11.3 Å². The molecule has 0 fully saturated rings. The van der Waals surface area contributed by atoms with E-state index in [4.69, 9.17) is 16.6 Å². The van der Waals surface area contributed by atoms with Gasteiger partial charge in [-0.3, -0.25) is 0 Å². The molecule has 0 saturated carbocycles. The summed E-state index contributed by atoms with van der Waals surface area (Å²) in [5.74, 6) is 0. The highest BCUT2D eigenvalue weighted by molar-refractivity contribution is 9.10. The third kappa shape index (κ3) is 3.37. The van der Waals surface area contributed by atoms with Gasteiger partial charge in [0.15, 0.2) is 0 Å². The summed E-state index contributed by atoms with van der Waals surface area (Å²) < 4.78 is 1.07. The molecule has 1 nitrogen and oxygen atoms in total. The third-order valence-electron chi connectivity index (χ3n) is 3.24. The van der Waals surface area contributed by atoms with Crippen molar-refractivity contribution in [2.24, 2.45) is 0 Å². The summed E-state index contributed by atoms with van der Waals surface area (Å²) in [6.07, 6.45) is 0.777. The summed E-state index contributed by atoms with van der Waals surface area (Å²) in [7, 11) is 0. The minimum Gasteiger partial charge on any atom is -0.241 e. The fourth-order valence-corrected chi connectivity index (χ4v) is 3.82. The zero-order valence-corrected chi connectivity index (χ0v) is 14.6. The van der Waals surface area contributed by atoms with Gasteiger partial charge in [-0.05, 0) is 30.7 Å². The highest BCUT2D eigenvalue weighted by atomic mass is 79.9. The molecule has 4 heteroatoms. The number of aromatic nitrogens is 1. The van der Waals surface area contributed by atoms with Crippen LogP contribution in [0.1, 0.15) is 15.4 Å². The molecule has 0 radical (unpaired) electrons. The van der Waals surface area contributed by atoms with E-state index in [0.29, 0.717) is 0 Å². The van der Waals surface area contributed by atoms with Crippen molar-refractivity contribution in [1.29, 1.82) is 0 Å². The second-order valence-electron chi connectivity index (χ2n) is 4.79. The monoisotopic (exact) mass is 377 g/mol. The molecule has 0 atom stereocenters. The first-order valence-corrected chi connectivity index (χ1v) is 8.58. The Morgan fingerprint density at radius 1 is 1.14 bits per heavy atom. The summed E-state index contributed by atoms with van der Waals surface area (Å²) in [4.78, 5) is 6.03. The van der Waals surface area contributed by atoms with Gasteiger partial charge in [-0.1, -0.05) is 57.9 Å². The quantitative estimate of drug-likeness (QED) is 0.534. The Morgan fingerprint density at radius 3 is 2.71 bits per heavy atom. The Labute approximate surface area is 141 Å². The Kier molecular flexibility index (Phi) is 4.43. The predicted octanol–water partition coefficient (Wildman–Crippen LogP) is 6.13. The maximum Gasteiger partial charge on any atom is 0.0979 e. The molecule has 106 valence electrons. The smallest absolute Gasteiger partial charge is 0.0979 e. The van der Waals surface area contributed by atoms with Gasteiger partial charge in [0.25, 0.3) is 0 Å². The van der Waals surface area contributed by atoms with E-state index in [-0.39, 0.29) is 0 Å². The molecule has 0 unspecified atom stereocenters. The first kappa shape index (κ1) is 14.8.